The van der Waals surface area contributed by atoms with Crippen LogP contribution in [0.15, 0.2) is 0 Å². The minimum atomic E-state index is -1.85. The van der Waals surface area contributed by atoms with E-state index in [1.807, 2.05) is 0 Å². The summed E-state index contributed by atoms with van der Waals surface area (Å²) >= 11 is 0. The molecule has 0 spiro atoms. The smallest absolute Gasteiger partial charge is 0.189 e. The van der Waals surface area contributed by atoms with Crippen molar-refractivity contribution < 1.29 is 74.7 Å². The zero-order valence-corrected chi connectivity index (χ0v) is 17.6. The van der Waals surface area contributed by atoms with E-state index < -0.39 is 105 Å². The van der Waals surface area contributed by atoms with Gasteiger partial charge >= 0.3 is 0 Å². The lowest BCUT2D eigenvalue weighted by Crippen LogP contribution is -2.66. The molecular weight excluding hydrogens is 456 g/mol. The summed E-state index contributed by atoms with van der Waals surface area (Å²) in [5, 5.41) is 99.6. The lowest BCUT2D eigenvalue weighted by atomic mass is 9.96. The zero-order chi connectivity index (χ0) is 24.6. The molecule has 0 radical (unpaired) electrons. The first-order valence-electron chi connectivity index (χ1n) is 10.4. The molecule has 3 aliphatic heterocycles. The molecule has 3 aliphatic rings. The predicted octanol–water partition coefficient (Wildman–Crippen LogP) is -6.55. The van der Waals surface area contributed by atoms with E-state index in [-0.39, 0.29) is 0 Å². The molecule has 0 aromatic rings. The van der Waals surface area contributed by atoms with Crippen LogP contribution in [0.25, 0.3) is 0 Å². The zero-order valence-electron chi connectivity index (χ0n) is 17.6. The Morgan fingerprint density at radius 3 is 1.55 bits per heavy atom. The Morgan fingerprint density at radius 1 is 0.515 bits per heavy atom. The molecule has 0 amide bonds. The van der Waals surface area contributed by atoms with Crippen molar-refractivity contribution in [2.45, 2.75) is 99.0 Å². The molecule has 10 N–H and O–H groups in total. The van der Waals surface area contributed by atoms with Gasteiger partial charge in [0.2, 0.25) is 0 Å². The Morgan fingerprint density at radius 2 is 0.970 bits per heavy atom. The Labute approximate surface area is 187 Å². The number of aliphatic hydroxyl groups excluding tert-OH is 10. The Bertz CT molecular complexity index is 622. The normalized spacial score (nSPS) is 53.7. The summed E-state index contributed by atoms with van der Waals surface area (Å²) in [6.45, 7) is -0.0965. The van der Waals surface area contributed by atoms with Crippen molar-refractivity contribution in [1.82, 2.24) is 0 Å². The molecule has 0 aliphatic carbocycles. The molecule has 3 saturated heterocycles. The molecule has 3 fully saturated rings. The van der Waals surface area contributed by atoms with Crippen LogP contribution in [-0.2, 0) is 23.7 Å². The molecule has 194 valence electrons. The average molecular weight is 488 g/mol. The lowest BCUT2D eigenvalue weighted by molar-refractivity contribution is -0.390. The first kappa shape index (κ1) is 27.0. The third-order valence-electron chi connectivity index (χ3n) is 6.04. The highest BCUT2D eigenvalue weighted by atomic mass is 16.8. The summed E-state index contributed by atoms with van der Waals surface area (Å²) in [5.41, 5.74) is 0. The molecule has 1 unspecified atom stereocenters. The summed E-state index contributed by atoms with van der Waals surface area (Å²) in [5.74, 6) is 0. The maximum atomic E-state index is 10.6. The standard InChI is InChI=1S/C18H32O15/c1-4-7(21)9(23)12(26)16(29-4)33-18-14(28)11(25)15(6(3-20)31-18)32-17-13(27)10(24)8(22)5(2-19)30-17/h4-28H,2-3H2,1H3/t4-,5+,6+,7+,8-,9+,10-,11+,12-,13+,14+,15+,16-,17-,18?/m0/s1. The fourth-order valence-corrected chi connectivity index (χ4v) is 3.93. The van der Waals surface area contributed by atoms with Gasteiger partial charge in [-0.3, -0.25) is 0 Å². The topological polar surface area (TPSA) is 248 Å². The highest BCUT2D eigenvalue weighted by Gasteiger charge is 2.52. The summed E-state index contributed by atoms with van der Waals surface area (Å²) in [6.07, 6.45) is -23.7. The van der Waals surface area contributed by atoms with E-state index in [1.165, 1.54) is 6.92 Å². The van der Waals surface area contributed by atoms with Crippen LogP contribution in [0.3, 0.4) is 0 Å². The SMILES string of the molecule is C[C@@H]1O[C@@H](OC2O[C@H](CO)[C@@H](O[C@@H]3O[C@H](CO)[C@H](O)[C@H](O)[C@H]3O)[C@H](O)[C@H]2O)[C@@H](O)[C@H](O)[C@@H]1O. The summed E-state index contributed by atoms with van der Waals surface area (Å²) in [7, 11) is 0. The van der Waals surface area contributed by atoms with E-state index in [9.17, 15) is 51.1 Å². The van der Waals surface area contributed by atoms with Gasteiger partial charge in [-0.1, -0.05) is 0 Å². The average Bonchev–Trinajstić information content (AvgIpc) is 2.80. The van der Waals surface area contributed by atoms with E-state index in [0.717, 1.165) is 0 Å². The molecule has 33 heavy (non-hydrogen) atoms. The maximum absolute atomic E-state index is 10.6. The fourth-order valence-electron chi connectivity index (χ4n) is 3.93. The highest BCUT2D eigenvalue weighted by molar-refractivity contribution is 4.95. The molecule has 0 aromatic carbocycles. The number of rotatable bonds is 6. The van der Waals surface area contributed by atoms with Crippen LogP contribution >= 0.6 is 0 Å². The van der Waals surface area contributed by atoms with Crippen LogP contribution in [0.4, 0.5) is 0 Å². The number of aliphatic hydroxyl groups is 10. The van der Waals surface area contributed by atoms with Crippen LogP contribution in [0.2, 0.25) is 0 Å². The van der Waals surface area contributed by atoms with Crippen molar-refractivity contribution in [1.29, 1.82) is 0 Å². The van der Waals surface area contributed by atoms with Crippen LogP contribution in [0, 0.1) is 0 Å². The Kier molecular flexibility index (Phi) is 8.99. The quantitative estimate of drug-likeness (QED) is 0.167. The van der Waals surface area contributed by atoms with E-state index in [0.29, 0.717) is 0 Å². The third kappa shape index (κ3) is 5.32. The van der Waals surface area contributed by atoms with Gasteiger partial charge in [0.1, 0.15) is 67.1 Å². The van der Waals surface area contributed by atoms with Crippen LogP contribution in [0.5, 0.6) is 0 Å². The van der Waals surface area contributed by atoms with Crippen molar-refractivity contribution in [2.24, 2.45) is 0 Å². The third-order valence-corrected chi connectivity index (χ3v) is 6.04. The second kappa shape index (κ2) is 11.0. The molecule has 15 heteroatoms. The van der Waals surface area contributed by atoms with Crippen molar-refractivity contribution >= 4 is 0 Å². The van der Waals surface area contributed by atoms with E-state index in [2.05, 4.69) is 0 Å². The van der Waals surface area contributed by atoms with E-state index in [1.54, 1.807) is 0 Å². The highest BCUT2D eigenvalue weighted by Crippen LogP contribution is 2.31. The Balaban J connectivity index is 1.69. The largest absolute Gasteiger partial charge is 0.394 e. The number of hydrogen-bond acceptors (Lipinski definition) is 15. The second-order valence-electron chi connectivity index (χ2n) is 8.32. The number of ether oxygens (including phenoxy) is 5. The van der Waals surface area contributed by atoms with Crippen molar-refractivity contribution in [3.63, 3.8) is 0 Å². The number of hydrogen-bond donors (Lipinski definition) is 10. The maximum Gasteiger partial charge on any atom is 0.189 e. The first-order valence-corrected chi connectivity index (χ1v) is 10.4. The van der Waals surface area contributed by atoms with Gasteiger partial charge in [0.05, 0.1) is 19.3 Å². The monoisotopic (exact) mass is 488 g/mol. The van der Waals surface area contributed by atoms with Gasteiger partial charge in [-0.05, 0) is 6.92 Å². The molecule has 15 atom stereocenters. The predicted molar refractivity (Wildman–Crippen MR) is 99.8 cm³/mol. The molecule has 0 aromatic heterocycles. The van der Waals surface area contributed by atoms with E-state index in [4.69, 9.17) is 23.7 Å². The van der Waals surface area contributed by atoms with Crippen LogP contribution in [-0.4, -0.2) is 156 Å². The molecule has 15 nitrogen and oxygen atoms in total. The van der Waals surface area contributed by atoms with Gasteiger partial charge < -0.3 is 74.7 Å². The van der Waals surface area contributed by atoms with Crippen molar-refractivity contribution in [2.75, 3.05) is 13.2 Å². The summed E-state index contributed by atoms with van der Waals surface area (Å²) in [4.78, 5) is 0. The Hall–Kier alpha value is -0.600. The lowest BCUT2D eigenvalue weighted by Gasteiger charge is -2.47. The van der Waals surface area contributed by atoms with Crippen molar-refractivity contribution in [3.8, 4) is 0 Å². The molecule has 0 saturated carbocycles. The van der Waals surface area contributed by atoms with Crippen LogP contribution in [0.1, 0.15) is 6.92 Å². The van der Waals surface area contributed by atoms with Gasteiger partial charge in [-0.15, -0.1) is 0 Å². The minimum Gasteiger partial charge on any atom is -0.394 e. The first-order chi connectivity index (χ1) is 15.5. The second-order valence-corrected chi connectivity index (χ2v) is 8.32. The summed E-state index contributed by atoms with van der Waals surface area (Å²) in [6, 6.07) is 0. The van der Waals surface area contributed by atoms with Gasteiger partial charge in [0, 0.05) is 0 Å². The molecule has 0 bridgehead atoms. The molecule has 3 heterocycles. The van der Waals surface area contributed by atoms with Crippen LogP contribution < -0.4 is 0 Å². The molecular formula is C18H32O15. The van der Waals surface area contributed by atoms with Gasteiger partial charge in [-0.25, -0.2) is 0 Å². The van der Waals surface area contributed by atoms with Gasteiger partial charge in [0.15, 0.2) is 18.9 Å². The van der Waals surface area contributed by atoms with Gasteiger partial charge in [0.25, 0.3) is 0 Å². The van der Waals surface area contributed by atoms with Gasteiger partial charge in [-0.2, -0.15) is 0 Å². The molecule has 3 rings (SSSR count). The minimum absolute atomic E-state index is 0.723. The van der Waals surface area contributed by atoms with Crippen molar-refractivity contribution in [3.05, 3.63) is 0 Å². The fraction of sp³-hybridized carbons (Fsp3) is 1.00. The summed E-state index contributed by atoms with van der Waals surface area (Å²) < 4.78 is 26.7. The van der Waals surface area contributed by atoms with E-state index >= 15 is 0 Å².